The Morgan fingerprint density at radius 3 is 2.54 bits per heavy atom. The predicted molar refractivity (Wildman–Crippen MR) is 53.1 cm³/mol. The fourth-order valence-electron chi connectivity index (χ4n) is 1.16. The van der Waals surface area contributed by atoms with Crippen molar-refractivity contribution in [2.75, 3.05) is 0 Å². The van der Waals surface area contributed by atoms with Crippen LogP contribution in [0, 0.1) is 0 Å². The molecule has 3 heteroatoms. The van der Waals surface area contributed by atoms with E-state index in [9.17, 15) is 10.2 Å². The topological polar surface area (TPSA) is 40.5 Å². The molecule has 0 aliphatic rings. The van der Waals surface area contributed by atoms with Gasteiger partial charge in [0, 0.05) is 10.4 Å². The maximum Gasteiger partial charge on any atom is 0.166 e. The van der Waals surface area contributed by atoms with Crippen molar-refractivity contribution in [1.82, 2.24) is 0 Å². The molecule has 0 aliphatic carbocycles. The Morgan fingerprint density at radius 2 is 1.85 bits per heavy atom. The molecule has 0 atom stereocenters. The molecule has 66 valence electrons. The van der Waals surface area contributed by atoms with Crippen LogP contribution in [0.1, 0.15) is 0 Å². The van der Waals surface area contributed by atoms with Crippen molar-refractivity contribution in [2.45, 2.75) is 0 Å². The third-order valence-corrected chi connectivity index (χ3v) is 2.70. The average Bonchev–Trinajstić information content (AvgIpc) is 2.62. The summed E-state index contributed by atoms with van der Waals surface area (Å²) in [5.74, 6) is -0.129. The second kappa shape index (κ2) is 3.11. The lowest BCUT2D eigenvalue weighted by atomic mass is 10.1. The van der Waals surface area contributed by atoms with E-state index in [1.165, 1.54) is 17.4 Å². The zero-order chi connectivity index (χ0) is 9.26. The molecule has 1 aromatic heterocycles. The Hall–Kier alpha value is -1.48. The maximum absolute atomic E-state index is 9.53. The van der Waals surface area contributed by atoms with Gasteiger partial charge in [0.05, 0.1) is 0 Å². The highest BCUT2D eigenvalue weighted by Crippen LogP contribution is 2.37. The van der Waals surface area contributed by atoms with Crippen molar-refractivity contribution >= 4 is 11.3 Å². The summed E-state index contributed by atoms with van der Waals surface area (Å²) in [6.07, 6.45) is 0. The molecule has 0 spiro atoms. The first kappa shape index (κ1) is 8.13. The quantitative estimate of drug-likeness (QED) is 0.682. The van der Waals surface area contributed by atoms with Crippen molar-refractivity contribution in [3.05, 3.63) is 35.7 Å². The summed E-state index contributed by atoms with van der Waals surface area (Å²) in [5.41, 5.74) is 0.676. The van der Waals surface area contributed by atoms with E-state index in [-0.39, 0.29) is 11.5 Å². The fraction of sp³-hybridized carbons (Fsp3) is 0. The van der Waals surface area contributed by atoms with Crippen LogP contribution in [0.5, 0.6) is 11.5 Å². The molecular formula is C10H8O2S. The van der Waals surface area contributed by atoms with Gasteiger partial charge in [0.25, 0.3) is 0 Å². The van der Waals surface area contributed by atoms with Crippen LogP contribution >= 0.6 is 11.3 Å². The van der Waals surface area contributed by atoms with E-state index < -0.39 is 0 Å². The van der Waals surface area contributed by atoms with E-state index in [1.54, 1.807) is 12.1 Å². The Labute approximate surface area is 79.7 Å². The molecule has 13 heavy (non-hydrogen) atoms. The van der Waals surface area contributed by atoms with Crippen LogP contribution in [0.2, 0.25) is 0 Å². The molecule has 2 N–H and O–H groups in total. The van der Waals surface area contributed by atoms with Crippen molar-refractivity contribution < 1.29 is 10.2 Å². The van der Waals surface area contributed by atoms with Gasteiger partial charge in [-0.25, -0.2) is 0 Å². The van der Waals surface area contributed by atoms with Crippen LogP contribution in [0.4, 0.5) is 0 Å². The van der Waals surface area contributed by atoms with Crippen LogP contribution in [0.15, 0.2) is 35.7 Å². The number of hydrogen-bond acceptors (Lipinski definition) is 3. The fourth-order valence-corrected chi connectivity index (χ4v) is 1.91. The Bertz CT molecular complexity index is 407. The minimum atomic E-state index is -0.0779. The summed E-state index contributed by atoms with van der Waals surface area (Å²) in [5, 5.41) is 20.7. The number of aromatic hydroxyl groups is 2. The van der Waals surface area contributed by atoms with Crippen molar-refractivity contribution in [1.29, 1.82) is 0 Å². The number of hydrogen-bond donors (Lipinski definition) is 2. The monoisotopic (exact) mass is 192 g/mol. The van der Waals surface area contributed by atoms with Gasteiger partial charge in [-0.3, -0.25) is 0 Å². The summed E-state index contributed by atoms with van der Waals surface area (Å²) in [7, 11) is 0. The number of benzene rings is 1. The number of thiophene rings is 1. The van der Waals surface area contributed by atoms with Gasteiger partial charge in [0.15, 0.2) is 11.5 Å². The lowest BCUT2D eigenvalue weighted by molar-refractivity contribution is 0.405. The zero-order valence-electron chi connectivity index (χ0n) is 6.77. The first-order chi connectivity index (χ1) is 6.29. The van der Waals surface area contributed by atoms with E-state index in [0.717, 1.165) is 4.88 Å². The van der Waals surface area contributed by atoms with Gasteiger partial charge in [-0.05, 0) is 23.6 Å². The van der Waals surface area contributed by atoms with Gasteiger partial charge < -0.3 is 10.2 Å². The molecule has 0 radical (unpaired) electrons. The van der Waals surface area contributed by atoms with E-state index in [4.69, 9.17) is 0 Å². The molecule has 1 aromatic carbocycles. The molecule has 0 fully saturated rings. The maximum atomic E-state index is 9.53. The third-order valence-electron chi connectivity index (χ3n) is 1.80. The molecule has 2 nitrogen and oxygen atoms in total. The third kappa shape index (κ3) is 1.38. The lowest BCUT2D eigenvalue weighted by Crippen LogP contribution is -1.74. The average molecular weight is 192 g/mol. The minimum Gasteiger partial charge on any atom is -0.504 e. The molecule has 2 rings (SSSR count). The predicted octanol–water partition coefficient (Wildman–Crippen LogP) is 2.83. The summed E-state index contributed by atoms with van der Waals surface area (Å²) < 4.78 is 0. The standard InChI is InChI=1S/C10H8O2S/c11-8-4-1-3-7(10(8)12)9-5-2-6-13-9/h1-6,11-12H. The highest BCUT2D eigenvalue weighted by Gasteiger charge is 2.07. The van der Waals surface area contributed by atoms with Crippen LogP contribution < -0.4 is 0 Å². The van der Waals surface area contributed by atoms with E-state index in [0.29, 0.717) is 5.56 Å². The van der Waals surface area contributed by atoms with E-state index >= 15 is 0 Å². The summed E-state index contributed by atoms with van der Waals surface area (Å²) in [4.78, 5) is 0.952. The van der Waals surface area contributed by atoms with Gasteiger partial charge in [0.1, 0.15) is 0 Å². The normalized spacial score (nSPS) is 10.2. The van der Waals surface area contributed by atoms with Gasteiger partial charge in [-0.2, -0.15) is 0 Å². The minimum absolute atomic E-state index is 0.0510. The number of phenols is 2. The second-order valence-electron chi connectivity index (χ2n) is 2.65. The first-order valence-corrected chi connectivity index (χ1v) is 4.72. The molecular weight excluding hydrogens is 184 g/mol. The van der Waals surface area contributed by atoms with Crippen molar-refractivity contribution in [3.8, 4) is 21.9 Å². The SMILES string of the molecule is Oc1cccc(-c2cccs2)c1O. The Balaban J connectivity index is 2.59. The smallest absolute Gasteiger partial charge is 0.166 e. The van der Waals surface area contributed by atoms with Gasteiger partial charge >= 0.3 is 0 Å². The molecule has 0 saturated carbocycles. The molecule has 2 aromatic rings. The largest absolute Gasteiger partial charge is 0.504 e. The van der Waals surface area contributed by atoms with Gasteiger partial charge in [-0.15, -0.1) is 11.3 Å². The molecule has 0 bridgehead atoms. The lowest BCUT2D eigenvalue weighted by Gasteiger charge is -2.02. The summed E-state index contributed by atoms with van der Waals surface area (Å²) in [6.45, 7) is 0. The van der Waals surface area contributed by atoms with Crippen LogP contribution in [0.25, 0.3) is 10.4 Å². The first-order valence-electron chi connectivity index (χ1n) is 3.84. The van der Waals surface area contributed by atoms with Crippen LogP contribution in [-0.4, -0.2) is 10.2 Å². The highest BCUT2D eigenvalue weighted by atomic mass is 32.1. The molecule has 0 unspecified atom stereocenters. The Morgan fingerprint density at radius 1 is 1.00 bits per heavy atom. The van der Waals surface area contributed by atoms with Crippen LogP contribution in [0.3, 0.4) is 0 Å². The molecule has 0 aliphatic heterocycles. The second-order valence-corrected chi connectivity index (χ2v) is 3.60. The molecule has 1 heterocycles. The van der Waals surface area contributed by atoms with Crippen molar-refractivity contribution in [2.24, 2.45) is 0 Å². The molecule has 0 saturated heterocycles. The van der Waals surface area contributed by atoms with Gasteiger partial charge in [0.2, 0.25) is 0 Å². The van der Waals surface area contributed by atoms with Crippen LogP contribution in [-0.2, 0) is 0 Å². The number of rotatable bonds is 1. The number of phenolic OH excluding ortho intramolecular Hbond substituents is 2. The number of para-hydroxylation sites is 1. The summed E-state index contributed by atoms with van der Waals surface area (Å²) >= 11 is 1.53. The highest BCUT2D eigenvalue weighted by molar-refractivity contribution is 7.13. The molecule has 0 amide bonds. The Kier molecular flexibility index (Phi) is 1.94. The van der Waals surface area contributed by atoms with Gasteiger partial charge in [-0.1, -0.05) is 12.1 Å². The van der Waals surface area contributed by atoms with E-state index in [2.05, 4.69) is 0 Å². The van der Waals surface area contributed by atoms with Crippen molar-refractivity contribution in [3.63, 3.8) is 0 Å². The van der Waals surface area contributed by atoms with E-state index in [1.807, 2.05) is 17.5 Å². The zero-order valence-corrected chi connectivity index (χ0v) is 7.58. The summed E-state index contributed by atoms with van der Waals surface area (Å²) in [6, 6.07) is 8.76.